The summed E-state index contributed by atoms with van der Waals surface area (Å²) in [6.07, 6.45) is 2.01. The summed E-state index contributed by atoms with van der Waals surface area (Å²) in [5.41, 5.74) is 2.49. The Balaban J connectivity index is 1.60. The number of nitrogens with zero attached hydrogens (tertiary/aromatic N) is 3. The number of aryl methyl sites for hydroxylation is 2. The van der Waals surface area contributed by atoms with Crippen molar-refractivity contribution in [3.8, 4) is 0 Å². The van der Waals surface area contributed by atoms with E-state index in [1.807, 2.05) is 32.2 Å². The molecule has 134 valence electrons. The molecule has 1 aliphatic rings. The highest BCUT2D eigenvalue weighted by atomic mass is 35.5. The molecule has 1 atom stereocenters. The SMILES string of the molecule is Cc1cc(C(=O)NC2CCCN(Cc3ccc(Cl)cc3Cl)C2)nn1C. The Morgan fingerprint density at radius 1 is 1.36 bits per heavy atom. The Bertz CT molecular complexity index is 755. The standard InChI is InChI=1S/C18H22Cl2N4O/c1-12-8-17(22-23(12)2)18(25)21-15-4-3-7-24(11-15)10-13-5-6-14(19)9-16(13)20/h5-6,8-9,15H,3-4,7,10-11H2,1-2H3,(H,21,25). The van der Waals surface area contributed by atoms with Gasteiger partial charge >= 0.3 is 0 Å². The summed E-state index contributed by atoms with van der Waals surface area (Å²) in [5.74, 6) is -0.111. The second kappa shape index (κ2) is 7.77. The summed E-state index contributed by atoms with van der Waals surface area (Å²) >= 11 is 12.2. The number of piperidine rings is 1. The number of benzene rings is 1. The monoisotopic (exact) mass is 380 g/mol. The van der Waals surface area contributed by atoms with E-state index in [2.05, 4.69) is 15.3 Å². The molecule has 0 radical (unpaired) electrons. The molecule has 2 aromatic rings. The summed E-state index contributed by atoms with van der Waals surface area (Å²) in [7, 11) is 1.84. The number of rotatable bonds is 4. The van der Waals surface area contributed by atoms with Gasteiger partial charge < -0.3 is 5.32 Å². The van der Waals surface area contributed by atoms with Crippen molar-refractivity contribution in [2.24, 2.45) is 7.05 Å². The van der Waals surface area contributed by atoms with Gasteiger partial charge in [-0.3, -0.25) is 14.4 Å². The Kier molecular flexibility index (Phi) is 5.67. The average Bonchev–Trinajstić information content (AvgIpc) is 2.90. The molecule has 1 aliphatic heterocycles. The average molecular weight is 381 g/mol. The Hall–Kier alpha value is -1.56. The topological polar surface area (TPSA) is 50.2 Å². The summed E-state index contributed by atoms with van der Waals surface area (Å²) in [4.78, 5) is 14.7. The lowest BCUT2D eigenvalue weighted by atomic mass is 10.0. The van der Waals surface area contributed by atoms with Crippen LogP contribution in [0.5, 0.6) is 0 Å². The third kappa shape index (κ3) is 4.54. The molecule has 25 heavy (non-hydrogen) atoms. The number of carbonyl (C=O) groups excluding carboxylic acids is 1. The molecule has 0 aliphatic carbocycles. The fraction of sp³-hybridized carbons (Fsp3) is 0.444. The highest BCUT2D eigenvalue weighted by Gasteiger charge is 2.23. The van der Waals surface area contributed by atoms with Gasteiger partial charge in [-0.25, -0.2) is 0 Å². The summed E-state index contributed by atoms with van der Waals surface area (Å²) < 4.78 is 1.71. The van der Waals surface area contributed by atoms with Crippen LogP contribution in [0.4, 0.5) is 0 Å². The number of halogens is 2. The van der Waals surface area contributed by atoms with Crippen molar-refractivity contribution in [3.63, 3.8) is 0 Å². The third-order valence-corrected chi connectivity index (χ3v) is 5.18. The zero-order valence-electron chi connectivity index (χ0n) is 14.4. The molecular formula is C18H22Cl2N4O. The van der Waals surface area contributed by atoms with E-state index in [0.29, 0.717) is 15.7 Å². The Morgan fingerprint density at radius 2 is 2.16 bits per heavy atom. The fourth-order valence-electron chi connectivity index (χ4n) is 3.14. The van der Waals surface area contributed by atoms with Crippen LogP contribution < -0.4 is 5.32 Å². The minimum absolute atomic E-state index is 0.111. The van der Waals surface area contributed by atoms with E-state index < -0.39 is 0 Å². The van der Waals surface area contributed by atoms with Crippen molar-refractivity contribution in [1.29, 1.82) is 0 Å². The molecule has 1 aromatic carbocycles. The van der Waals surface area contributed by atoms with E-state index >= 15 is 0 Å². The van der Waals surface area contributed by atoms with E-state index in [9.17, 15) is 4.79 Å². The number of carbonyl (C=O) groups is 1. The van der Waals surface area contributed by atoms with Gasteiger partial charge in [-0.15, -0.1) is 0 Å². The van der Waals surface area contributed by atoms with Crippen LogP contribution in [0.15, 0.2) is 24.3 Å². The predicted octanol–water partition coefficient (Wildman–Crippen LogP) is 3.43. The first-order valence-corrected chi connectivity index (χ1v) is 9.16. The lowest BCUT2D eigenvalue weighted by Crippen LogP contribution is -2.47. The smallest absolute Gasteiger partial charge is 0.272 e. The van der Waals surface area contributed by atoms with E-state index in [4.69, 9.17) is 23.2 Å². The van der Waals surface area contributed by atoms with Gasteiger partial charge in [-0.05, 0) is 50.1 Å². The van der Waals surface area contributed by atoms with E-state index in [0.717, 1.165) is 43.7 Å². The molecule has 1 unspecified atom stereocenters. The Morgan fingerprint density at radius 3 is 2.84 bits per heavy atom. The van der Waals surface area contributed by atoms with Gasteiger partial charge in [-0.2, -0.15) is 5.10 Å². The second-order valence-electron chi connectivity index (χ2n) is 6.58. The summed E-state index contributed by atoms with van der Waals surface area (Å²) in [5, 5.41) is 8.67. The minimum atomic E-state index is -0.111. The number of likely N-dealkylation sites (tertiary alicyclic amines) is 1. The molecule has 1 aromatic heterocycles. The van der Waals surface area contributed by atoms with Crippen LogP contribution >= 0.6 is 23.2 Å². The van der Waals surface area contributed by atoms with Crippen molar-refractivity contribution in [2.75, 3.05) is 13.1 Å². The molecule has 0 saturated carbocycles. The highest BCUT2D eigenvalue weighted by molar-refractivity contribution is 6.35. The van der Waals surface area contributed by atoms with Gasteiger partial charge in [-0.1, -0.05) is 29.3 Å². The molecule has 5 nitrogen and oxygen atoms in total. The van der Waals surface area contributed by atoms with E-state index in [1.54, 1.807) is 10.7 Å². The molecule has 1 saturated heterocycles. The van der Waals surface area contributed by atoms with Crippen molar-refractivity contribution in [3.05, 3.63) is 51.3 Å². The van der Waals surface area contributed by atoms with Crippen molar-refractivity contribution in [1.82, 2.24) is 20.0 Å². The van der Waals surface area contributed by atoms with Gasteiger partial charge in [0.1, 0.15) is 5.69 Å². The molecule has 2 heterocycles. The van der Waals surface area contributed by atoms with Gasteiger partial charge in [0.15, 0.2) is 0 Å². The number of hydrogen-bond acceptors (Lipinski definition) is 3. The quantitative estimate of drug-likeness (QED) is 0.883. The van der Waals surface area contributed by atoms with E-state index in [-0.39, 0.29) is 11.9 Å². The first-order chi connectivity index (χ1) is 11.9. The first-order valence-electron chi connectivity index (χ1n) is 8.40. The normalized spacial score (nSPS) is 18.3. The summed E-state index contributed by atoms with van der Waals surface area (Å²) in [6, 6.07) is 7.52. The summed E-state index contributed by atoms with van der Waals surface area (Å²) in [6.45, 7) is 4.48. The first kappa shape index (κ1) is 18.2. The van der Waals surface area contributed by atoms with Gasteiger partial charge in [0, 0.05) is 41.9 Å². The molecule has 1 amide bonds. The molecule has 7 heteroatoms. The second-order valence-corrected chi connectivity index (χ2v) is 7.42. The van der Waals surface area contributed by atoms with Crippen molar-refractivity contribution >= 4 is 29.1 Å². The molecule has 0 bridgehead atoms. The van der Waals surface area contributed by atoms with Crippen LogP contribution in [0.2, 0.25) is 10.0 Å². The number of aromatic nitrogens is 2. The van der Waals surface area contributed by atoms with Gasteiger partial charge in [0.2, 0.25) is 0 Å². The predicted molar refractivity (Wildman–Crippen MR) is 100 cm³/mol. The number of amides is 1. The van der Waals surface area contributed by atoms with Crippen LogP contribution in [0.1, 0.15) is 34.6 Å². The lowest BCUT2D eigenvalue weighted by molar-refractivity contribution is 0.0895. The zero-order chi connectivity index (χ0) is 18.0. The van der Waals surface area contributed by atoms with Crippen LogP contribution in [-0.2, 0) is 13.6 Å². The minimum Gasteiger partial charge on any atom is -0.347 e. The van der Waals surface area contributed by atoms with E-state index in [1.165, 1.54) is 0 Å². The van der Waals surface area contributed by atoms with Crippen LogP contribution in [-0.4, -0.2) is 39.7 Å². The molecule has 1 N–H and O–H groups in total. The van der Waals surface area contributed by atoms with Crippen LogP contribution in [0.3, 0.4) is 0 Å². The van der Waals surface area contributed by atoms with Crippen molar-refractivity contribution in [2.45, 2.75) is 32.4 Å². The fourth-order valence-corrected chi connectivity index (χ4v) is 3.61. The highest BCUT2D eigenvalue weighted by Crippen LogP contribution is 2.23. The number of hydrogen-bond donors (Lipinski definition) is 1. The maximum absolute atomic E-state index is 12.4. The Labute approximate surface area is 157 Å². The van der Waals surface area contributed by atoms with Crippen molar-refractivity contribution < 1.29 is 4.79 Å². The van der Waals surface area contributed by atoms with Gasteiger partial charge in [0.05, 0.1) is 0 Å². The van der Waals surface area contributed by atoms with Crippen LogP contribution in [0, 0.1) is 6.92 Å². The molecule has 0 spiro atoms. The molecule has 1 fully saturated rings. The third-order valence-electron chi connectivity index (χ3n) is 4.60. The molecule has 3 rings (SSSR count). The van der Waals surface area contributed by atoms with Crippen LogP contribution in [0.25, 0.3) is 0 Å². The maximum Gasteiger partial charge on any atom is 0.272 e. The van der Waals surface area contributed by atoms with Gasteiger partial charge in [0.25, 0.3) is 5.91 Å². The maximum atomic E-state index is 12.4. The lowest BCUT2D eigenvalue weighted by Gasteiger charge is -2.33. The zero-order valence-corrected chi connectivity index (χ0v) is 15.9. The number of nitrogens with one attached hydrogen (secondary N) is 1. The largest absolute Gasteiger partial charge is 0.347 e. The molecular weight excluding hydrogens is 359 g/mol.